The van der Waals surface area contributed by atoms with Crippen LogP contribution in [0.4, 0.5) is 5.69 Å². The van der Waals surface area contributed by atoms with Crippen LogP contribution in [0.5, 0.6) is 5.75 Å². The van der Waals surface area contributed by atoms with E-state index < -0.39 is 0 Å². The van der Waals surface area contributed by atoms with Crippen LogP contribution in [0.1, 0.15) is 63.6 Å². The molecule has 1 atom stereocenters. The number of phenols is 1. The number of benzene rings is 2. The number of hydrogen-bond donors (Lipinski definition) is 2. The molecule has 0 radical (unpaired) electrons. The van der Waals surface area contributed by atoms with E-state index in [1.54, 1.807) is 6.07 Å². The van der Waals surface area contributed by atoms with Crippen molar-refractivity contribution in [1.82, 2.24) is 0 Å². The van der Waals surface area contributed by atoms with Gasteiger partial charge in [-0.15, -0.1) is 0 Å². The fourth-order valence-electron chi connectivity index (χ4n) is 3.90. The highest BCUT2D eigenvalue weighted by Crippen LogP contribution is 2.36. The van der Waals surface area contributed by atoms with Crippen LogP contribution in [0.3, 0.4) is 0 Å². The van der Waals surface area contributed by atoms with E-state index in [4.69, 9.17) is 0 Å². The minimum Gasteiger partial charge on any atom is -0.508 e. The lowest BCUT2D eigenvalue weighted by Gasteiger charge is -2.34. The molecule has 0 fully saturated rings. The smallest absolute Gasteiger partial charge is 0.119 e. The van der Waals surface area contributed by atoms with Crippen molar-refractivity contribution in [3.05, 3.63) is 59.2 Å². The highest BCUT2D eigenvalue weighted by atomic mass is 16.3. The SMILES string of the molecule is CCC(c1cccc(N(C(C)C)C(C)C)c1)c1cc(CCO)ccc1O. The zero-order valence-electron chi connectivity index (χ0n) is 16.7. The van der Waals surface area contributed by atoms with Gasteiger partial charge in [-0.3, -0.25) is 0 Å². The number of aliphatic hydroxyl groups is 1. The number of aliphatic hydroxyl groups excluding tert-OH is 1. The van der Waals surface area contributed by atoms with Gasteiger partial charge in [0, 0.05) is 35.9 Å². The van der Waals surface area contributed by atoms with Gasteiger partial charge < -0.3 is 15.1 Å². The molecule has 0 amide bonds. The van der Waals surface area contributed by atoms with Gasteiger partial charge in [-0.25, -0.2) is 0 Å². The number of rotatable bonds is 8. The monoisotopic (exact) mass is 355 g/mol. The first kappa shape index (κ1) is 20.3. The van der Waals surface area contributed by atoms with Gasteiger partial charge in [0.05, 0.1) is 0 Å². The molecule has 1 unspecified atom stereocenters. The van der Waals surface area contributed by atoms with E-state index >= 15 is 0 Å². The Morgan fingerprint density at radius 3 is 2.23 bits per heavy atom. The first-order chi connectivity index (χ1) is 12.4. The molecule has 2 aromatic carbocycles. The molecular formula is C23H33NO2. The molecule has 0 spiro atoms. The van der Waals surface area contributed by atoms with Crippen molar-refractivity contribution in [2.75, 3.05) is 11.5 Å². The highest BCUT2D eigenvalue weighted by Gasteiger charge is 2.19. The zero-order valence-corrected chi connectivity index (χ0v) is 16.7. The van der Waals surface area contributed by atoms with Crippen molar-refractivity contribution >= 4 is 5.69 Å². The zero-order chi connectivity index (χ0) is 19.3. The Hall–Kier alpha value is -2.00. The van der Waals surface area contributed by atoms with Gasteiger partial charge in [0.1, 0.15) is 5.75 Å². The molecule has 0 saturated heterocycles. The quantitative estimate of drug-likeness (QED) is 0.693. The maximum absolute atomic E-state index is 10.4. The lowest BCUT2D eigenvalue weighted by Crippen LogP contribution is -2.37. The largest absolute Gasteiger partial charge is 0.508 e. The van der Waals surface area contributed by atoms with Crippen molar-refractivity contribution in [3.63, 3.8) is 0 Å². The summed E-state index contributed by atoms with van der Waals surface area (Å²) in [6.07, 6.45) is 1.52. The Balaban J connectivity index is 2.45. The van der Waals surface area contributed by atoms with E-state index in [0.717, 1.165) is 17.5 Å². The number of hydrogen-bond acceptors (Lipinski definition) is 3. The summed E-state index contributed by atoms with van der Waals surface area (Å²) in [5, 5.41) is 19.7. The van der Waals surface area contributed by atoms with Gasteiger partial charge in [-0.2, -0.15) is 0 Å². The van der Waals surface area contributed by atoms with Crippen LogP contribution >= 0.6 is 0 Å². The van der Waals surface area contributed by atoms with Crippen LogP contribution in [0, 0.1) is 0 Å². The molecule has 0 saturated carbocycles. The Kier molecular flexibility index (Phi) is 7.10. The Morgan fingerprint density at radius 2 is 1.65 bits per heavy atom. The predicted molar refractivity (Wildman–Crippen MR) is 110 cm³/mol. The minimum absolute atomic E-state index is 0.119. The van der Waals surface area contributed by atoms with Crippen molar-refractivity contribution in [2.24, 2.45) is 0 Å². The molecular weight excluding hydrogens is 322 g/mol. The van der Waals surface area contributed by atoms with E-state index in [0.29, 0.717) is 24.3 Å². The van der Waals surface area contributed by atoms with Gasteiger partial charge in [-0.05, 0) is 69.9 Å². The normalized spacial score (nSPS) is 12.6. The molecule has 0 bridgehead atoms. The second kappa shape index (κ2) is 9.09. The number of nitrogens with zero attached hydrogens (tertiary/aromatic N) is 1. The van der Waals surface area contributed by atoms with E-state index in [1.165, 1.54) is 11.3 Å². The molecule has 2 aromatic rings. The molecule has 0 heterocycles. The summed E-state index contributed by atoms with van der Waals surface area (Å²) in [7, 11) is 0. The van der Waals surface area contributed by atoms with Gasteiger partial charge in [0.25, 0.3) is 0 Å². The molecule has 0 aromatic heterocycles. The molecule has 2 rings (SSSR count). The van der Waals surface area contributed by atoms with Gasteiger partial charge in [0.2, 0.25) is 0 Å². The second-order valence-electron chi connectivity index (χ2n) is 7.52. The van der Waals surface area contributed by atoms with E-state index in [9.17, 15) is 10.2 Å². The third kappa shape index (κ3) is 4.59. The maximum atomic E-state index is 10.4. The molecule has 0 aliphatic carbocycles. The molecule has 26 heavy (non-hydrogen) atoms. The van der Waals surface area contributed by atoms with Crippen molar-refractivity contribution < 1.29 is 10.2 Å². The minimum atomic E-state index is 0.119. The van der Waals surface area contributed by atoms with Gasteiger partial charge >= 0.3 is 0 Å². The van der Waals surface area contributed by atoms with E-state index in [2.05, 4.69) is 63.8 Å². The van der Waals surface area contributed by atoms with Crippen LogP contribution in [0.2, 0.25) is 0 Å². The third-order valence-corrected chi connectivity index (χ3v) is 4.96. The Bertz CT molecular complexity index is 701. The predicted octanol–water partition coefficient (Wildman–Crippen LogP) is 5.09. The van der Waals surface area contributed by atoms with Crippen LogP contribution < -0.4 is 4.90 Å². The fourth-order valence-corrected chi connectivity index (χ4v) is 3.90. The van der Waals surface area contributed by atoms with Crippen LogP contribution in [-0.2, 0) is 6.42 Å². The van der Waals surface area contributed by atoms with Gasteiger partial charge in [0.15, 0.2) is 0 Å². The summed E-state index contributed by atoms with van der Waals surface area (Å²) in [4.78, 5) is 2.41. The molecule has 3 heteroatoms. The van der Waals surface area contributed by atoms with Crippen molar-refractivity contribution in [1.29, 1.82) is 0 Å². The van der Waals surface area contributed by atoms with E-state index in [1.807, 2.05) is 12.1 Å². The molecule has 2 N–H and O–H groups in total. The topological polar surface area (TPSA) is 43.7 Å². The highest BCUT2D eigenvalue weighted by molar-refractivity contribution is 5.53. The number of anilines is 1. The Morgan fingerprint density at radius 1 is 0.962 bits per heavy atom. The number of phenolic OH excluding ortho intramolecular Hbond substituents is 1. The summed E-state index contributed by atoms with van der Waals surface area (Å²) in [5.74, 6) is 0.461. The standard InChI is InChI=1S/C23H33NO2/c1-6-21(22-14-18(12-13-25)10-11-23(22)26)19-8-7-9-20(15-19)24(16(2)3)17(4)5/h7-11,14-17,21,25-26H,6,12-13H2,1-5H3. The summed E-state index contributed by atoms with van der Waals surface area (Å²) in [5.41, 5.74) is 4.43. The number of aromatic hydroxyl groups is 1. The van der Waals surface area contributed by atoms with Crippen molar-refractivity contribution in [2.45, 2.75) is 65.5 Å². The fraction of sp³-hybridized carbons (Fsp3) is 0.478. The summed E-state index contributed by atoms with van der Waals surface area (Å²) in [6.45, 7) is 11.1. The van der Waals surface area contributed by atoms with Gasteiger partial charge in [-0.1, -0.05) is 31.2 Å². The van der Waals surface area contributed by atoms with Crippen LogP contribution in [0.25, 0.3) is 0 Å². The second-order valence-corrected chi connectivity index (χ2v) is 7.52. The molecule has 3 nitrogen and oxygen atoms in total. The summed E-state index contributed by atoms with van der Waals surface area (Å²) >= 11 is 0. The lowest BCUT2D eigenvalue weighted by atomic mass is 9.87. The average Bonchev–Trinajstić information content (AvgIpc) is 2.58. The third-order valence-electron chi connectivity index (χ3n) is 4.96. The van der Waals surface area contributed by atoms with E-state index in [-0.39, 0.29) is 12.5 Å². The Labute approximate surface area is 158 Å². The molecule has 0 aliphatic rings. The molecule has 142 valence electrons. The molecule has 0 aliphatic heterocycles. The first-order valence-corrected chi connectivity index (χ1v) is 9.69. The summed E-state index contributed by atoms with van der Waals surface area (Å²) in [6, 6.07) is 15.2. The van der Waals surface area contributed by atoms with Crippen LogP contribution in [0.15, 0.2) is 42.5 Å². The van der Waals surface area contributed by atoms with Crippen LogP contribution in [-0.4, -0.2) is 28.9 Å². The summed E-state index contributed by atoms with van der Waals surface area (Å²) < 4.78 is 0. The maximum Gasteiger partial charge on any atom is 0.119 e. The first-order valence-electron chi connectivity index (χ1n) is 9.69. The lowest BCUT2D eigenvalue weighted by molar-refractivity contribution is 0.299. The van der Waals surface area contributed by atoms with Crippen molar-refractivity contribution in [3.8, 4) is 5.75 Å². The average molecular weight is 356 g/mol.